The number of alkyl halides is 3. The van der Waals surface area contributed by atoms with Crippen LogP contribution in [0.4, 0.5) is 24.7 Å². The Morgan fingerprint density at radius 3 is 2.50 bits per heavy atom. The molecular weight excluding hydrogens is 345 g/mol. The van der Waals surface area contributed by atoms with Crippen LogP contribution in [-0.2, 0) is 6.18 Å². The van der Waals surface area contributed by atoms with Crippen molar-refractivity contribution in [2.24, 2.45) is 0 Å². The molecule has 3 rings (SSSR count). The molecule has 0 atom stereocenters. The zero-order valence-electron chi connectivity index (χ0n) is 14.0. The monoisotopic (exact) mass is 364 g/mol. The minimum Gasteiger partial charge on any atom is -0.348 e. The fourth-order valence-electron chi connectivity index (χ4n) is 2.94. The lowest BCUT2D eigenvalue weighted by atomic mass is 9.95. The molecule has 8 heteroatoms. The number of aromatic nitrogens is 2. The van der Waals surface area contributed by atoms with Crippen molar-refractivity contribution in [3.8, 4) is 0 Å². The molecule has 0 bridgehead atoms. The van der Waals surface area contributed by atoms with Crippen molar-refractivity contribution in [2.75, 3.05) is 5.32 Å². The van der Waals surface area contributed by atoms with Crippen LogP contribution in [0.25, 0.3) is 0 Å². The molecule has 1 saturated carbocycles. The standard InChI is InChI=1S/C18H19F3N4O/c19-18(20,21)12-5-4-8-14(9-12)24-16-11-22-15(10-23-16)17(26)25-13-6-2-1-3-7-13/h4-5,8-11,13H,1-3,6-7H2,(H,23,24)(H,25,26). The van der Waals surface area contributed by atoms with Crippen molar-refractivity contribution >= 4 is 17.4 Å². The van der Waals surface area contributed by atoms with Gasteiger partial charge in [0.1, 0.15) is 11.5 Å². The van der Waals surface area contributed by atoms with E-state index in [0.717, 1.165) is 37.8 Å². The molecule has 1 aliphatic carbocycles. The Kier molecular flexibility index (Phi) is 5.39. The number of halogens is 3. The molecule has 138 valence electrons. The second-order valence-corrected chi connectivity index (χ2v) is 6.30. The van der Waals surface area contributed by atoms with Crippen LogP contribution in [0.2, 0.25) is 0 Å². The Balaban J connectivity index is 1.63. The zero-order chi connectivity index (χ0) is 18.6. The van der Waals surface area contributed by atoms with Crippen molar-refractivity contribution in [3.05, 3.63) is 47.9 Å². The number of nitrogens with one attached hydrogen (secondary N) is 2. The van der Waals surface area contributed by atoms with Crippen molar-refractivity contribution < 1.29 is 18.0 Å². The molecule has 1 heterocycles. The van der Waals surface area contributed by atoms with Crippen LogP contribution in [0.15, 0.2) is 36.7 Å². The van der Waals surface area contributed by atoms with Crippen molar-refractivity contribution in [1.29, 1.82) is 0 Å². The number of anilines is 2. The summed E-state index contributed by atoms with van der Waals surface area (Å²) in [5, 5.41) is 5.70. The minimum absolute atomic E-state index is 0.168. The summed E-state index contributed by atoms with van der Waals surface area (Å²) in [7, 11) is 0. The molecule has 2 aromatic rings. The number of benzene rings is 1. The van der Waals surface area contributed by atoms with Crippen LogP contribution in [-0.4, -0.2) is 21.9 Å². The Hall–Kier alpha value is -2.64. The number of amides is 1. The highest BCUT2D eigenvalue weighted by atomic mass is 19.4. The highest BCUT2D eigenvalue weighted by Crippen LogP contribution is 2.31. The predicted molar refractivity (Wildman–Crippen MR) is 91.1 cm³/mol. The topological polar surface area (TPSA) is 66.9 Å². The van der Waals surface area contributed by atoms with Crippen LogP contribution in [0.3, 0.4) is 0 Å². The Morgan fingerprint density at radius 2 is 1.85 bits per heavy atom. The van der Waals surface area contributed by atoms with E-state index < -0.39 is 11.7 Å². The minimum atomic E-state index is -4.41. The predicted octanol–water partition coefficient (Wildman–Crippen LogP) is 4.30. The van der Waals surface area contributed by atoms with Gasteiger partial charge in [-0.05, 0) is 31.0 Å². The number of carbonyl (C=O) groups is 1. The number of rotatable bonds is 4. The second kappa shape index (κ2) is 7.72. The van der Waals surface area contributed by atoms with Crippen LogP contribution in [0.1, 0.15) is 48.2 Å². The molecule has 0 saturated heterocycles. The second-order valence-electron chi connectivity index (χ2n) is 6.30. The van der Waals surface area contributed by atoms with Gasteiger partial charge in [-0.3, -0.25) is 4.79 Å². The number of hydrogen-bond donors (Lipinski definition) is 2. The van der Waals surface area contributed by atoms with Crippen LogP contribution < -0.4 is 10.6 Å². The SMILES string of the molecule is O=C(NC1CCCCC1)c1cnc(Nc2cccc(C(F)(F)F)c2)cn1. The maximum absolute atomic E-state index is 12.7. The third-order valence-corrected chi connectivity index (χ3v) is 4.29. The van der Waals surface area contributed by atoms with Gasteiger partial charge in [0.15, 0.2) is 0 Å². The molecule has 1 aliphatic rings. The highest BCUT2D eigenvalue weighted by molar-refractivity contribution is 5.92. The van der Waals surface area contributed by atoms with Crippen LogP contribution in [0, 0.1) is 0 Å². The summed E-state index contributed by atoms with van der Waals surface area (Å²) < 4.78 is 38.2. The fraction of sp³-hybridized carbons (Fsp3) is 0.389. The zero-order valence-corrected chi connectivity index (χ0v) is 14.0. The summed E-state index contributed by atoms with van der Waals surface area (Å²) in [6.45, 7) is 0. The summed E-state index contributed by atoms with van der Waals surface area (Å²) in [6.07, 6.45) is 3.58. The Bertz CT molecular complexity index is 756. The highest BCUT2D eigenvalue weighted by Gasteiger charge is 2.30. The summed E-state index contributed by atoms with van der Waals surface area (Å²) in [5.74, 6) is -0.0199. The average molecular weight is 364 g/mol. The van der Waals surface area contributed by atoms with E-state index in [9.17, 15) is 18.0 Å². The van der Waals surface area contributed by atoms with E-state index in [1.807, 2.05) is 0 Å². The fourth-order valence-corrected chi connectivity index (χ4v) is 2.94. The summed E-state index contributed by atoms with van der Waals surface area (Å²) in [5.41, 5.74) is -0.322. The van der Waals surface area contributed by atoms with E-state index in [1.54, 1.807) is 0 Å². The molecule has 2 N–H and O–H groups in total. The van der Waals surface area contributed by atoms with Crippen molar-refractivity contribution in [1.82, 2.24) is 15.3 Å². The molecule has 1 aromatic carbocycles. The molecular formula is C18H19F3N4O. The molecule has 26 heavy (non-hydrogen) atoms. The summed E-state index contributed by atoms with van der Waals surface area (Å²) in [6, 6.07) is 4.97. The Morgan fingerprint density at radius 1 is 1.08 bits per heavy atom. The molecule has 0 radical (unpaired) electrons. The van der Waals surface area contributed by atoms with E-state index in [4.69, 9.17) is 0 Å². The maximum atomic E-state index is 12.7. The molecule has 0 spiro atoms. The quantitative estimate of drug-likeness (QED) is 0.849. The maximum Gasteiger partial charge on any atom is 0.416 e. The third kappa shape index (κ3) is 4.71. The van der Waals surface area contributed by atoms with Crippen LogP contribution >= 0.6 is 0 Å². The van der Waals surface area contributed by atoms with E-state index in [-0.39, 0.29) is 29.1 Å². The lowest BCUT2D eigenvalue weighted by molar-refractivity contribution is -0.137. The van der Waals surface area contributed by atoms with Crippen molar-refractivity contribution in [3.63, 3.8) is 0 Å². The average Bonchev–Trinajstić information content (AvgIpc) is 2.63. The van der Waals surface area contributed by atoms with Crippen LogP contribution in [0.5, 0.6) is 0 Å². The molecule has 1 amide bonds. The van der Waals surface area contributed by atoms with Gasteiger partial charge in [-0.2, -0.15) is 13.2 Å². The molecule has 0 aliphatic heterocycles. The first-order valence-corrected chi connectivity index (χ1v) is 8.49. The number of carbonyl (C=O) groups excluding carboxylic acids is 1. The molecule has 5 nitrogen and oxygen atoms in total. The third-order valence-electron chi connectivity index (χ3n) is 4.29. The normalized spacial score (nSPS) is 15.5. The smallest absolute Gasteiger partial charge is 0.348 e. The lowest BCUT2D eigenvalue weighted by Gasteiger charge is -2.22. The first kappa shape index (κ1) is 18.2. The van der Waals surface area contributed by atoms with Gasteiger partial charge in [-0.25, -0.2) is 9.97 Å². The first-order chi connectivity index (χ1) is 12.4. The van der Waals surface area contributed by atoms with Gasteiger partial charge in [-0.15, -0.1) is 0 Å². The van der Waals surface area contributed by atoms with Gasteiger partial charge < -0.3 is 10.6 Å². The summed E-state index contributed by atoms with van der Waals surface area (Å²) in [4.78, 5) is 20.3. The summed E-state index contributed by atoms with van der Waals surface area (Å²) >= 11 is 0. The van der Waals surface area contributed by atoms with Gasteiger partial charge in [0.25, 0.3) is 5.91 Å². The first-order valence-electron chi connectivity index (χ1n) is 8.49. The lowest BCUT2D eigenvalue weighted by Crippen LogP contribution is -2.36. The van der Waals surface area contributed by atoms with Gasteiger partial charge in [0.2, 0.25) is 0 Å². The molecule has 0 unspecified atom stereocenters. The van der Waals surface area contributed by atoms with E-state index in [1.165, 1.54) is 30.9 Å². The van der Waals surface area contributed by atoms with E-state index in [2.05, 4.69) is 20.6 Å². The molecule has 1 fully saturated rings. The van der Waals surface area contributed by atoms with Crippen molar-refractivity contribution in [2.45, 2.75) is 44.3 Å². The number of nitrogens with zero attached hydrogens (tertiary/aromatic N) is 2. The Labute approximate surface area is 149 Å². The molecule has 1 aromatic heterocycles. The van der Waals surface area contributed by atoms with Gasteiger partial charge in [0.05, 0.1) is 18.0 Å². The van der Waals surface area contributed by atoms with Gasteiger partial charge in [-0.1, -0.05) is 25.3 Å². The largest absolute Gasteiger partial charge is 0.416 e. The van der Waals surface area contributed by atoms with Gasteiger partial charge in [0, 0.05) is 11.7 Å². The van der Waals surface area contributed by atoms with E-state index in [0.29, 0.717) is 0 Å². The number of hydrogen-bond acceptors (Lipinski definition) is 4. The van der Waals surface area contributed by atoms with E-state index >= 15 is 0 Å². The van der Waals surface area contributed by atoms with Gasteiger partial charge >= 0.3 is 6.18 Å².